The molecule has 11 aromatic heterocycles. The Labute approximate surface area is 743 Å². The molecule has 0 radical (unpaired) electrons. The summed E-state index contributed by atoms with van der Waals surface area (Å²) in [5.74, 6) is 0. The molecule has 0 amide bonds. The Kier molecular flexibility index (Phi) is 139. The lowest BCUT2D eigenvalue weighted by Crippen LogP contribution is -1.78. The monoisotopic (exact) mass is 1670 g/mol. The van der Waals surface area contributed by atoms with E-state index >= 15 is 0 Å². The van der Waals surface area contributed by atoms with Crippen molar-refractivity contribution < 1.29 is 0 Å². The number of pyridine rings is 2. The summed E-state index contributed by atoms with van der Waals surface area (Å²) < 4.78 is 0. The minimum Gasteiger partial charge on any atom is -0.368 e. The van der Waals surface area contributed by atoms with Crippen molar-refractivity contribution in [3.8, 4) is 0 Å². The standard InChI is InChI=1S/C10H8.C9H7N.2C8H6N2.C6H6.C5H5N.C5H6.2C4H4N2.C4H5N.C3H3N3.2C3H4N2.C2H3N3.14C2H6/c1-2-6-10-8-4-3-7-9(10)5-1;1-2-6-9-8(4-1)5-3-7-10-9;1-2-4-8-7(3-1)5-9-6-10-8;1-2-4-8-7(3-1)9-5-6-10-8;2*1-2-4-6-5-3-1;1-2-4-5-3-1;1-2-6-4-3-5-1;1-2-5-4-6-3-1;1-2-4-5-3-1;1-4-2-6-3-5-1;1-2-5-3-4-1;1-2-4-5-3-1;1-3-2-5-4-1;14*1-2/h1-8H;1-7H;2*1-6H;1-6H;1-5H;1-4H,5H2;2*1-4H;1-5H;1-3H;2*1-3H,(H,4,5);1-2H,(H,3,4,5);14*1-2H3. The van der Waals surface area contributed by atoms with Crippen molar-refractivity contribution in [2.75, 3.05) is 0 Å². The van der Waals surface area contributed by atoms with Crippen LogP contribution in [0.25, 0.3) is 43.6 Å². The summed E-state index contributed by atoms with van der Waals surface area (Å²) >= 11 is 0. The van der Waals surface area contributed by atoms with E-state index in [0.717, 1.165) is 33.9 Å². The van der Waals surface area contributed by atoms with E-state index in [1.165, 1.54) is 54.1 Å². The molecule has 0 unspecified atom stereocenters. The maximum absolute atomic E-state index is 4.18. The van der Waals surface area contributed by atoms with Gasteiger partial charge in [0.05, 0.1) is 28.4 Å². The Balaban J connectivity index is -0.000000137. The quantitative estimate of drug-likeness (QED) is 0.110. The average molecular weight is 1680 g/mol. The third-order valence-corrected chi connectivity index (χ3v) is 10.8. The smallest absolute Gasteiger partial charge is 0.137 e. The minimum atomic E-state index is 0.949. The summed E-state index contributed by atoms with van der Waals surface area (Å²) in [5, 5.41) is 17.1. The first kappa shape index (κ1) is 130. The van der Waals surface area contributed by atoms with Crippen LogP contribution in [0.2, 0.25) is 0 Å². The van der Waals surface area contributed by atoms with E-state index in [9.17, 15) is 0 Å². The maximum atomic E-state index is 4.18. The third-order valence-electron chi connectivity index (χ3n) is 10.8. The summed E-state index contributed by atoms with van der Waals surface area (Å²) in [5.41, 5.74) is 3.96. The van der Waals surface area contributed by atoms with Gasteiger partial charge >= 0.3 is 0 Å². The van der Waals surface area contributed by atoms with Crippen LogP contribution in [0.5, 0.6) is 0 Å². The number of hydrogen-bond donors (Lipinski definition) is 4. The fourth-order valence-electron chi connectivity index (χ4n) is 6.66. The number of aromatic nitrogens is 21. The van der Waals surface area contributed by atoms with Gasteiger partial charge < -0.3 is 9.97 Å². The number of benzene rings is 6. The largest absolute Gasteiger partial charge is 0.368 e. The number of hydrogen-bond acceptors (Lipinski definition) is 17. The van der Waals surface area contributed by atoms with E-state index in [1.807, 2.05) is 364 Å². The normalized spacial score (nSPS) is 7.90. The summed E-state index contributed by atoms with van der Waals surface area (Å²) in [6.45, 7) is 56.0. The van der Waals surface area contributed by atoms with Crippen molar-refractivity contribution >= 4 is 43.6 Å². The molecule has 21 nitrogen and oxygen atoms in total. The molecular formula is C102H155N21. The second kappa shape index (κ2) is 132. The van der Waals surface area contributed by atoms with Gasteiger partial charge in [-0.05, 0) is 83.9 Å². The van der Waals surface area contributed by atoms with Crippen molar-refractivity contribution in [1.82, 2.24) is 105 Å². The number of H-pyrrole nitrogens is 4. The van der Waals surface area contributed by atoms with Crippen LogP contribution in [0.3, 0.4) is 0 Å². The second-order valence-electron chi connectivity index (χ2n) is 17.6. The van der Waals surface area contributed by atoms with E-state index in [0.29, 0.717) is 0 Å². The number of rotatable bonds is 0. The Morgan fingerprint density at radius 2 is 0.569 bits per heavy atom. The molecule has 4 N–H and O–H groups in total. The third kappa shape index (κ3) is 95.3. The van der Waals surface area contributed by atoms with Gasteiger partial charge in [0, 0.05) is 122 Å². The van der Waals surface area contributed by atoms with Gasteiger partial charge in [-0.1, -0.05) is 364 Å². The summed E-state index contributed by atoms with van der Waals surface area (Å²) in [4.78, 5) is 62.5. The summed E-state index contributed by atoms with van der Waals surface area (Å²) in [6.07, 6.45) is 52.6. The SMILES string of the molecule is C1=CCC=C1.CC.CC.CC.CC.CC.CC.CC.CC.CC.CC.CC.CC.CC.CC.c1c[nH]cn1.c1cc[nH]c1.c1ccc2ccccc2c1.c1ccc2ncccc2c1.c1ccc2nccnc2c1.c1ccc2ncncc2c1.c1ccccc1.c1ccncc1.c1cn[nH]c1.c1cnccn1.c1cncnc1.c1nc[nH]n1.c1ncncn1. The van der Waals surface area contributed by atoms with Crippen LogP contribution < -0.4 is 0 Å². The zero-order valence-electron chi connectivity index (χ0n) is 79.8. The number of aromatic amines is 4. The predicted molar refractivity (Wildman–Crippen MR) is 535 cm³/mol. The molecule has 0 fully saturated rings. The lowest BCUT2D eigenvalue weighted by molar-refractivity contribution is 1.05. The minimum absolute atomic E-state index is 0.949. The molecule has 0 spiro atoms. The van der Waals surface area contributed by atoms with Gasteiger partial charge in [0.25, 0.3) is 0 Å². The van der Waals surface area contributed by atoms with Crippen molar-refractivity contribution in [2.45, 2.75) is 200 Å². The highest BCUT2D eigenvalue weighted by Crippen LogP contribution is 2.12. The number of fused-ring (bicyclic) bond motifs is 4. The van der Waals surface area contributed by atoms with Gasteiger partial charge in [0.2, 0.25) is 0 Å². The Morgan fingerprint density at radius 1 is 0.195 bits per heavy atom. The number of para-hydroxylation sites is 4. The van der Waals surface area contributed by atoms with E-state index in [1.54, 1.807) is 105 Å². The van der Waals surface area contributed by atoms with Crippen LogP contribution in [0.4, 0.5) is 0 Å². The molecule has 0 saturated heterocycles. The predicted octanol–water partition coefficient (Wildman–Crippen LogP) is 29.4. The molecule has 1 aliphatic carbocycles. The molecule has 668 valence electrons. The molecule has 21 heteroatoms. The molecule has 0 bridgehead atoms. The highest BCUT2D eigenvalue weighted by atomic mass is 15.2. The van der Waals surface area contributed by atoms with Crippen molar-refractivity contribution in [3.05, 3.63) is 399 Å². The molecule has 0 atom stereocenters. The van der Waals surface area contributed by atoms with E-state index in [4.69, 9.17) is 0 Å². The number of nitrogens with zero attached hydrogens (tertiary/aromatic N) is 17. The molecule has 18 rings (SSSR count). The number of allylic oxidation sites excluding steroid dienone is 4. The zero-order valence-corrected chi connectivity index (χ0v) is 79.8. The first-order valence-electron chi connectivity index (χ1n) is 43.3. The lowest BCUT2D eigenvalue weighted by atomic mass is 10.1. The van der Waals surface area contributed by atoms with Gasteiger partial charge in [-0.3, -0.25) is 40.1 Å². The van der Waals surface area contributed by atoms with Crippen molar-refractivity contribution in [3.63, 3.8) is 0 Å². The first-order chi connectivity index (χ1) is 61.4. The Hall–Kier alpha value is -13.7. The molecule has 0 aliphatic heterocycles. The summed E-state index contributed by atoms with van der Waals surface area (Å²) in [6, 6.07) is 69.7. The fourth-order valence-corrected chi connectivity index (χ4v) is 6.66. The van der Waals surface area contributed by atoms with Crippen LogP contribution in [0.15, 0.2) is 399 Å². The Morgan fingerprint density at radius 3 is 0.821 bits per heavy atom. The van der Waals surface area contributed by atoms with Gasteiger partial charge in [0.15, 0.2) is 0 Å². The van der Waals surface area contributed by atoms with Crippen molar-refractivity contribution in [1.29, 1.82) is 0 Å². The topological polar surface area (TPSA) is 282 Å². The molecule has 11 heterocycles. The molecule has 1 aliphatic rings. The molecule has 0 saturated carbocycles. The summed E-state index contributed by atoms with van der Waals surface area (Å²) in [7, 11) is 0. The van der Waals surface area contributed by atoms with E-state index < -0.39 is 0 Å². The van der Waals surface area contributed by atoms with E-state index in [2.05, 4.69) is 190 Å². The van der Waals surface area contributed by atoms with Crippen molar-refractivity contribution in [2.24, 2.45) is 0 Å². The molecule has 17 aromatic rings. The number of nitrogens with one attached hydrogen (secondary N) is 4. The van der Waals surface area contributed by atoms with E-state index in [-0.39, 0.29) is 0 Å². The average Bonchev–Trinajstić information content (AvgIpc) is 1.90. The van der Waals surface area contributed by atoms with Gasteiger partial charge in [-0.25, -0.2) is 44.9 Å². The van der Waals surface area contributed by atoms with Crippen LogP contribution >= 0.6 is 0 Å². The van der Waals surface area contributed by atoms with Crippen LogP contribution in [-0.4, -0.2) is 105 Å². The molecule has 123 heavy (non-hydrogen) atoms. The van der Waals surface area contributed by atoms with Crippen LogP contribution in [0, 0.1) is 0 Å². The Bertz CT molecular complexity index is 3320. The first-order valence-corrected chi connectivity index (χ1v) is 43.3. The van der Waals surface area contributed by atoms with Gasteiger partial charge in [-0.15, -0.1) is 0 Å². The fraction of sp³-hybridized carbons (Fsp3) is 0.284. The number of imidazole rings is 1. The molecule has 6 aromatic carbocycles. The van der Waals surface area contributed by atoms with Crippen LogP contribution in [0.1, 0.15) is 200 Å². The second-order valence-corrected chi connectivity index (χ2v) is 17.6. The molecular weight excluding hydrogens is 1520 g/mol. The van der Waals surface area contributed by atoms with Gasteiger partial charge in [0.1, 0.15) is 44.3 Å². The van der Waals surface area contributed by atoms with Crippen LogP contribution in [-0.2, 0) is 0 Å². The lowest BCUT2D eigenvalue weighted by Gasteiger charge is -1.92. The van der Waals surface area contributed by atoms with Gasteiger partial charge in [-0.2, -0.15) is 10.2 Å². The highest BCUT2D eigenvalue weighted by Gasteiger charge is 1.90. The highest BCUT2D eigenvalue weighted by molar-refractivity contribution is 5.82. The zero-order chi connectivity index (χ0) is 94.1. The maximum Gasteiger partial charge on any atom is 0.137 e.